The summed E-state index contributed by atoms with van der Waals surface area (Å²) in [5.74, 6) is 0.351. The zero-order chi connectivity index (χ0) is 14.0. The van der Waals surface area contributed by atoms with Gasteiger partial charge in [-0.15, -0.1) is 0 Å². The summed E-state index contributed by atoms with van der Waals surface area (Å²) in [7, 11) is 0. The first-order valence-corrected chi connectivity index (χ1v) is 7.56. The van der Waals surface area contributed by atoms with Gasteiger partial charge in [-0.3, -0.25) is 4.90 Å². The van der Waals surface area contributed by atoms with Gasteiger partial charge in [-0.1, -0.05) is 13.8 Å². The Morgan fingerprint density at radius 1 is 1.37 bits per heavy atom. The number of hydrogen-bond donors (Lipinski definition) is 2. The van der Waals surface area contributed by atoms with Crippen LogP contribution in [0.2, 0.25) is 0 Å². The maximum absolute atomic E-state index is 10.2. The van der Waals surface area contributed by atoms with Crippen LogP contribution in [0.15, 0.2) is 0 Å². The molecule has 0 spiro atoms. The molecule has 0 amide bonds. The molecular weight excluding hydrogens is 242 g/mol. The summed E-state index contributed by atoms with van der Waals surface area (Å²) >= 11 is 0. The van der Waals surface area contributed by atoms with E-state index in [-0.39, 0.29) is 18.8 Å². The summed E-state index contributed by atoms with van der Waals surface area (Å²) in [6.45, 7) is 9.22. The van der Waals surface area contributed by atoms with Crippen molar-refractivity contribution in [3.8, 4) is 0 Å². The van der Waals surface area contributed by atoms with E-state index in [0.717, 1.165) is 32.4 Å². The molecule has 0 aromatic heterocycles. The molecule has 1 saturated carbocycles. The normalized spacial score (nSPS) is 40.3. The van der Waals surface area contributed by atoms with Crippen LogP contribution >= 0.6 is 0 Å². The first-order valence-electron chi connectivity index (χ1n) is 7.56. The van der Waals surface area contributed by atoms with Gasteiger partial charge in [0, 0.05) is 19.1 Å². The highest BCUT2D eigenvalue weighted by Gasteiger charge is 2.36. The van der Waals surface area contributed by atoms with E-state index in [0.29, 0.717) is 24.0 Å². The van der Waals surface area contributed by atoms with Crippen LogP contribution in [-0.4, -0.2) is 59.7 Å². The molecule has 112 valence electrons. The molecule has 19 heavy (non-hydrogen) atoms. The second-order valence-electron chi connectivity index (χ2n) is 7.18. The van der Waals surface area contributed by atoms with Crippen LogP contribution in [0.1, 0.15) is 40.0 Å². The Morgan fingerprint density at radius 2 is 2.11 bits per heavy atom. The van der Waals surface area contributed by atoms with Crippen molar-refractivity contribution in [1.29, 1.82) is 0 Å². The zero-order valence-corrected chi connectivity index (χ0v) is 12.5. The fourth-order valence-corrected chi connectivity index (χ4v) is 3.45. The van der Waals surface area contributed by atoms with Gasteiger partial charge in [-0.25, -0.2) is 0 Å². The van der Waals surface area contributed by atoms with Gasteiger partial charge < -0.3 is 14.9 Å². The number of aliphatic hydroxyl groups excluding tert-OH is 2. The van der Waals surface area contributed by atoms with Gasteiger partial charge in [0.25, 0.3) is 0 Å². The first kappa shape index (κ1) is 15.2. The van der Waals surface area contributed by atoms with Gasteiger partial charge in [0.2, 0.25) is 0 Å². The average Bonchev–Trinajstić information content (AvgIpc) is 2.36. The van der Waals surface area contributed by atoms with Gasteiger partial charge in [0.15, 0.2) is 0 Å². The molecule has 4 unspecified atom stereocenters. The topological polar surface area (TPSA) is 52.9 Å². The fraction of sp³-hybridized carbons (Fsp3) is 1.00. The van der Waals surface area contributed by atoms with Crippen LogP contribution in [0.3, 0.4) is 0 Å². The van der Waals surface area contributed by atoms with Crippen molar-refractivity contribution in [2.24, 2.45) is 11.3 Å². The molecule has 2 fully saturated rings. The smallest absolute Gasteiger partial charge is 0.0933 e. The summed E-state index contributed by atoms with van der Waals surface area (Å²) in [6, 6.07) is 0.375. The molecule has 1 heterocycles. The minimum atomic E-state index is -0.171. The molecule has 1 aliphatic carbocycles. The Kier molecular flexibility index (Phi) is 4.88. The van der Waals surface area contributed by atoms with Gasteiger partial charge in [0.05, 0.1) is 25.4 Å². The lowest BCUT2D eigenvalue weighted by atomic mass is 9.70. The van der Waals surface area contributed by atoms with E-state index in [2.05, 4.69) is 25.7 Å². The summed E-state index contributed by atoms with van der Waals surface area (Å²) in [4.78, 5) is 2.37. The molecule has 1 saturated heterocycles. The molecule has 4 atom stereocenters. The lowest BCUT2D eigenvalue weighted by Gasteiger charge is -2.44. The van der Waals surface area contributed by atoms with Crippen molar-refractivity contribution in [1.82, 2.24) is 4.90 Å². The Bertz CT molecular complexity index is 295. The van der Waals surface area contributed by atoms with E-state index < -0.39 is 0 Å². The number of morpholine rings is 1. The highest BCUT2D eigenvalue weighted by Crippen LogP contribution is 2.39. The van der Waals surface area contributed by atoms with E-state index >= 15 is 0 Å². The quantitative estimate of drug-likeness (QED) is 0.811. The largest absolute Gasteiger partial charge is 0.394 e. The average molecular weight is 271 g/mol. The van der Waals surface area contributed by atoms with E-state index in [9.17, 15) is 10.2 Å². The second kappa shape index (κ2) is 6.08. The maximum Gasteiger partial charge on any atom is 0.0933 e. The molecule has 0 aromatic rings. The Hall–Kier alpha value is -0.160. The number of nitrogens with zero attached hydrogens (tertiary/aromatic N) is 1. The van der Waals surface area contributed by atoms with Crippen LogP contribution < -0.4 is 0 Å². The molecule has 2 aliphatic rings. The number of ether oxygens (including phenoxy) is 1. The minimum Gasteiger partial charge on any atom is -0.394 e. The third-order valence-corrected chi connectivity index (χ3v) is 4.78. The molecule has 0 bridgehead atoms. The van der Waals surface area contributed by atoms with Crippen molar-refractivity contribution in [2.45, 2.75) is 58.3 Å². The second-order valence-corrected chi connectivity index (χ2v) is 7.18. The standard InChI is InChI=1S/C15H29NO3/c1-11-10-19-13(9-17)8-16(11)7-12-6-15(2,3)5-4-14(12)18/h11-14,17-18H,4-10H2,1-3H3. The number of hydrogen-bond acceptors (Lipinski definition) is 4. The summed E-state index contributed by atoms with van der Waals surface area (Å²) in [5, 5.41) is 19.5. The molecule has 0 aromatic carbocycles. The Morgan fingerprint density at radius 3 is 2.79 bits per heavy atom. The number of aliphatic hydroxyl groups is 2. The van der Waals surface area contributed by atoms with Crippen LogP contribution in [0.25, 0.3) is 0 Å². The molecule has 4 heteroatoms. The zero-order valence-electron chi connectivity index (χ0n) is 12.5. The minimum absolute atomic E-state index is 0.0649. The number of rotatable bonds is 3. The van der Waals surface area contributed by atoms with Gasteiger partial charge in [-0.2, -0.15) is 0 Å². The highest BCUT2D eigenvalue weighted by molar-refractivity contribution is 4.88. The Balaban J connectivity index is 1.94. The third-order valence-electron chi connectivity index (χ3n) is 4.78. The van der Waals surface area contributed by atoms with Crippen molar-refractivity contribution in [2.75, 3.05) is 26.3 Å². The van der Waals surface area contributed by atoms with E-state index in [1.165, 1.54) is 0 Å². The predicted octanol–water partition coefficient (Wildman–Crippen LogP) is 1.26. The third kappa shape index (κ3) is 3.91. The van der Waals surface area contributed by atoms with Gasteiger partial charge >= 0.3 is 0 Å². The molecule has 2 rings (SSSR count). The van der Waals surface area contributed by atoms with Crippen molar-refractivity contribution in [3.05, 3.63) is 0 Å². The summed E-state index contributed by atoms with van der Waals surface area (Å²) < 4.78 is 5.57. The van der Waals surface area contributed by atoms with Crippen molar-refractivity contribution < 1.29 is 14.9 Å². The first-order chi connectivity index (χ1) is 8.91. The van der Waals surface area contributed by atoms with Crippen LogP contribution in [0, 0.1) is 11.3 Å². The summed E-state index contributed by atoms with van der Waals surface area (Å²) in [5.41, 5.74) is 0.343. The highest BCUT2D eigenvalue weighted by atomic mass is 16.5. The van der Waals surface area contributed by atoms with Gasteiger partial charge in [0.1, 0.15) is 0 Å². The monoisotopic (exact) mass is 271 g/mol. The van der Waals surface area contributed by atoms with E-state index in [1.54, 1.807) is 0 Å². The van der Waals surface area contributed by atoms with Crippen molar-refractivity contribution in [3.63, 3.8) is 0 Å². The molecular formula is C15H29NO3. The van der Waals surface area contributed by atoms with E-state index in [4.69, 9.17) is 4.74 Å². The van der Waals surface area contributed by atoms with Gasteiger partial charge in [-0.05, 0) is 37.5 Å². The van der Waals surface area contributed by atoms with Crippen LogP contribution in [0.5, 0.6) is 0 Å². The van der Waals surface area contributed by atoms with E-state index in [1.807, 2.05) is 0 Å². The molecule has 1 aliphatic heterocycles. The lowest BCUT2D eigenvalue weighted by molar-refractivity contribution is -0.0925. The maximum atomic E-state index is 10.2. The lowest BCUT2D eigenvalue weighted by Crippen LogP contribution is -2.52. The van der Waals surface area contributed by atoms with Crippen LogP contribution in [-0.2, 0) is 4.74 Å². The molecule has 4 nitrogen and oxygen atoms in total. The Labute approximate surface area is 116 Å². The molecule has 0 radical (unpaired) electrons. The predicted molar refractivity (Wildman–Crippen MR) is 75.0 cm³/mol. The van der Waals surface area contributed by atoms with Crippen LogP contribution in [0.4, 0.5) is 0 Å². The summed E-state index contributed by atoms with van der Waals surface area (Å²) in [6.07, 6.45) is 2.88. The molecule has 2 N–H and O–H groups in total. The SMILES string of the molecule is CC1COC(CO)CN1CC1CC(C)(C)CCC1O. The van der Waals surface area contributed by atoms with Crippen molar-refractivity contribution >= 4 is 0 Å². The fourth-order valence-electron chi connectivity index (χ4n) is 3.45.